The summed E-state index contributed by atoms with van der Waals surface area (Å²) >= 11 is 6.19. The monoisotopic (exact) mass is 392 g/mol. The molecule has 0 fully saturated rings. The Morgan fingerprint density at radius 3 is 2.68 bits per heavy atom. The number of thiophene rings is 1. The Labute approximate surface area is 142 Å². The summed E-state index contributed by atoms with van der Waals surface area (Å²) in [6.45, 7) is 0. The zero-order chi connectivity index (χ0) is 15.4. The highest BCUT2D eigenvalue weighted by Crippen LogP contribution is 2.25. The maximum atomic E-state index is 12.0. The van der Waals surface area contributed by atoms with Crippen LogP contribution in [0.3, 0.4) is 0 Å². The van der Waals surface area contributed by atoms with Crippen molar-refractivity contribution in [2.24, 2.45) is 4.99 Å². The van der Waals surface area contributed by atoms with Crippen LogP contribution in [0.15, 0.2) is 51.2 Å². The van der Waals surface area contributed by atoms with Crippen molar-refractivity contribution in [1.29, 1.82) is 0 Å². The molecule has 0 unspecified atom stereocenters. The molecule has 0 spiro atoms. The maximum Gasteiger partial charge on any atom is 0.257 e. The van der Waals surface area contributed by atoms with Gasteiger partial charge in [0.2, 0.25) is 10.3 Å². The molecule has 0 saturated heterocycles. The molecule has 0 aliphatic carbocycles. The van der Waals surface area contributed by atoms with Gasteiger partial charge in [-0.25, -0.2) is 4.99 Å². The molecule has 0 bridgehead atoms. The third-order valence-corrected chi connectivity index (χ3v) is 4.87. The van der Waals surface area contributed by atoms with Crippen molar-refractivity contribution in [2.45, 2.75) is 0 Å². The third-order valence-electron chi connectivity index (χ3n) is 2.57. The van der Waals surface area contributed by atoms with E-state index in [2.05, 4.69) is 36.4 Å². The summed E-state index contributed by atoms with van der Waals surface area (Å²) in [4.78, 5) is 17.3. The van der Waals surface area contributed by atoms with Crippen LogP contribution in [0.1, 0.15) is 15.2 Å². The van der Waals surface area contributed by atoms with E-state index in [4.69, 9.17) is 0 Å². The van der Waals surface area contributed by atoms with Gasteiger partial charge >= 0.3 is 0 Å². The number of nitrogens with zero attached hydrogens (tertiary/aromatic N) is 3. The van der Waals surface area contributed by atoms with Crippen molar-refractivity contribution >= 4 is 61.0 Å². The first kappa shape index (κ1) is 15.0. The number of rotatable bonds is 4. The average Bonchev–Trinajstić information content (AvgIpc) is 3.15. The molecule has 3 rings (SSSR count). The smallest absolute Gasteiger partial charge is 0.257 e. The molecule has 1 aromatic carbocycles. The Balaban J connectivity index is 1.66. The minimum atomic E-state index is -0.213. The van der Waals surface area contributed by atoms with Crippen molar-refractivity contribution in [1.82, 2.24) is 10.2 Å². The molecule has 22 heavy (non-hydrogen) atoms. The second-order valence-corrected chi connectivity index (χ2v) is 7.56. The van der Waals surface area contributed by atoms with E-state index in [1.165, 1.54) is 11.3 Å². The predicted molar refractivity (Wildman–Crippen MR) is 93.6 cm³/mol. The molecule has 3 aromatic rings. The summed E-state index contributed by atoms with van der Waals surface area (Å²) in [5.74, 6) is -0.213. The number of hydrogen-bond donors (Lipinski definition) is 1. The zero-order valence-corrected chi connectivity index (χ0v) is 14.3. The zero-order valence-electron chi connectivity index (χ0n) is 11.1. The molecular formula is C14H9BrN4OS2. The fraction of sp³-hybridized carbons (Fsp3) is 0. The third kappa shape index (κ3) is 3.85. The second kappa shape index (κ2) is 6.91. The van der Waals surface area contributed by atoms with Crippen molar-refractivity contribution in [3.05, 3.63) is 56.7 Å². The fourth-order valence-electron chi connectivity index (χ4n) is 1.59. The molecular weight excluding hydrogens is 384 g/mol. The topological polar surface area (TPSA) is 67.2 Å². The molecule has 8 heteroatoms. The van der Waals surface area contributed by atoms with Crippen LogP contribution in [0.2, 0.25) is 0 Å². The molecule has 1 N–H and O–H groups in total. The summed E-state index contributed by atoms with van der Waals surface area (Å²) in [6, 6.07) is 12.9. The van der Waals surface area contributed by atoms with Crippen LogP contribution >= 0.6 is 38.6 Å². The Morgan fingerprint density at radius 2 is 1.95 bits per heavy atom. The summed E-state index contributed by atoms with van der Waals surface area (Å²) < 4.78 is 1.04. The number of anilines is 1. The Bertz CT molecular complexity index is 813. The normalized spacial score (nSPS) is 11.0. The van der Waals surface area contributed by atoms with Gasteiger partial charge in [-0.05, 0) is 40.2 Å². The lowest BCUT2D eigenvalue weighted by Gasteiger charge is -1.99. The molecule has 0 aliphatic rings. The molecule has 0 atom stereocenters. The van der Waals surface area contributed by atoms with E-state index in [0.29, 0.717) is 15.8 Å². The standard InChI is InChI=1S/C14H9BrN4OS2/c15-11-7-6-10(21-11)8-16-13-18-19-14(22-13)17-12(20)9-4-2-1-3-5-9/h1-8H,(H,17,19,20). The molecule has 110 valence electrons. The van der Waals surface area contributed by atoms with Crippen LogP contribution in [-0.2, 0) is 0 Å². The second-order valence-electron chi connectivity index (χ2n) is 4.11. The van der Waals surface area contributed by atoms with Gasteiger partial charge in [0.25, 0.3) is 5.91 Å². The first-order valence-electron chi connectivity index (χ1n) is 6.20. The van der Waals surface area contributed by atoms with Crippen molar-refractivity contribution in [2.75, 3.05) is 5.32 Å². The van der Waals surface area contributed by atoms with Gasteiger partial charge in [-0.1, -0.05) is 29.5 Å². The van der Waals surface area contributed by atoms with Crippen molar-refractivity contribution < 1.29 is 4.79 Å². The number of halogens is 1. The van der Waals surface area contributed by atoms with Crippen LogP contribution < -0.4 is 5.32 Å². The van der Waals surface area contributed by atoms with E-state index < -0.39 is 0 Å². The summed E-state index contributed by atoms with van der Waals surface area (Å²) in [6.07, 6.45) is 1.72. The van der Waals surface area contributed by atoms with Gasteiger partial charge in [-0.3, -0.25) is 10.1 Å². The van der Waals surface area contributed by atoms with Gasteiger partial charge in [0.15, 0.2) is 0 Å². The van der Waals surface area contributed by atoms with Crippen LogP contribution in [0.5, 0.6) is 0 Å². The summed E-state index contributed by atoms with van der Waals surface area (Å²) in [7, 11) is 0. The van der Waals surface area contributed by atoms with Crippen LogP contribution in [0.4, 0.5) is 10.3 Å². The average molecular weight is 393 g/mol. The van der Waals surface area contributed by atoms with E-state index in [9.17, 15) is 4.79 Å². The highest BCUT2D eigenvalue weighted by molar-refractivity contribution is 9.11. The van der Waals surface area contributed by atoms with Gasteiger partial charge in [-0.15, -0.1) is 21.5 Å². The summed E-state index contributed by atoms with van der Waals surface area (Å²) in [5, 5.41) is 11.5. The highest BCUT2D eigenvalue weighted by atomic mass is 79.9. The number of aliphatic imine (C=N–C) groups is 1. The van der Waals surface area contributed by atoms with Gasteiger partial charge in [-0.2, -0.15) is 0 Å². The Kier molecular flexibility index (Phi) is 4.71. The number of amides is 1. The van der Waals surface area contributed by atoms with E-state index in [1.807, 2.05) is 30.3 Å². The predicted octanol–water partition coefficient (Wildman–Crippen LogP) is 4.37. The maximum absolute atomic E-state index is 12.0. The molecule has 0 aliphatic heterocycles. The quantitative estimate of drug-likeness (QED) is 0.670. The van der Waals surface area contributed by atoms with E-state index >= 15 is 0 Å². The summed E-state index contributed by atoms with van der Waals surface area (Å²) in [5.41, 5.74) is 0.575. The lowest BCUT2D eigenvalue weighted by Crippen LogP contribution is -2.11. The molecule has 2 heterocycles. The van der Waals surface area contributed by atoms with Gasteiger partial charge in [0.1, 0.15) is 0 Å². The van der Waals surface area contributed by atoms with Crippen molar-refractivity contribution in [3.63, 3.8) is 0 Å². The van der Waals surface area contributed by atoms with Gasteiger partial charge in [0, 0.05) is 16.7 Å². The first-order chi connectivity index (χ1) is 10.7. The number of nitrogens with one attached hydrogen (secondary N) is 1. The number of aromatic nitrogens is 2. The fourth-order valence-corrected chi connectivity index (χ4v) is 3.47. The minimum Gasteiger partial charge on any atom is -0.296 e. The molecule has 1 amide bonds. The first-order valence-corrected chi connectivity index (χ1v) is 8.62. The highest BCUT2D eigenvalue weighted by Gasteiger charge is 2.09. The number of carbonyl (C=O) groups is 1. The largest absolute Gasteiger partial charge is 0.296 e. The van der Waals surface area contributed by atoms with E-state index in [-0.39, 0.29) is 5.91 Å². The number of benzene rings is 1. The number of carbonyl (C=O) groups excluding carboxylic acids is 1. The van der Waals surface area contributed by atoms with Crippen LogP contribution in [0.25, 0.3) is 0 Å². The van der Waals surface area contributed by atoms with E-state index in [1.54, 1.807) is 29.7 Å². The SMILES string of the molecule is O=C(Nc1nnc(N=Cc2ccc(Br)s2)s1)c1ccccc1. The van der Waals surface area contributed by atoms with E-state index in [0.717, 1.165) is 8.66 Å². The Morgan fingerprint density at radius 1 is 1.14 bits per heavy atom. The molecule has 5 nitrogen and oxygen atoms in total. The lowest BCUT2D eigenvalue weighted by molar-refractivity contribution is 0.102. The Hall–Kier alpha value is -1.90. The molecule has 0 saturated carbocycles. The van der Waals surface area contributed by atoms with Crippen LogP contribution in [0, 0.1) is 0 Å². The van der Waals surface area contributed by atoms with Crippen molar-refractivity contribution in [3.8, 4) is 0 Å². The van der Waals surface area contributed by atoms with Gasteiger partial charge in [0.05, 0.1) is 3.79 Å². The minimum absolute atomic E-state index is 0.213. The lowest BCUT2D eigenvalue weighted by atomic mass is 10.2. The molecule has 2 aromatic heterocycles. The molecule has 0 radical (unpaired) electrons. The number of hydrogen-bond acceptors (Lipinski definition) is 6. The van der Waals surface area contributed by atoms with Gasteiger partial charge < -0.3 is 0 Å². The van der Waals surface area contributed by atoms with Crippen LogP contribution in [-0.4, -0.2) is 22.3 Å².